The number of aromatic nitrogens is 4. The molecule has 0 saturated carbocycles. The number of H-pyrrole nitrogens is 1. The van der Waals surface area contributed by atoms with E-state index >= 15 is 0 Å². The lowest BCUT2D eigenvalue weighted by atomic mass is 10.1. The number of benzene rings is 1. The summed E-state index contributed by atoms with van der Waals surface area (Å²) in [6.45, 7) is 1.28. The average molecular weight is 456 g/mol. The minimum atomic E-state index is -1.45. The molecule has 4 N–H and O–H groups in total. The van der Waals surface area contributed by atoms with E-state index in [1.165, 1.54) is 33.2 Å². The summed E-state index contributed by atoms with van der Waals surface area (Å²) in [5.74, 6) is -2.40. The molecule has 0 fully saturated rings. The maximum Gasteiger partial charge on any atom is 0.339 e. The molecule has 2 amide bonds. The van der Waals surface area contributed by atoms with Gasteiger partial charge in [-0.05, 0) is 19.1 Å². The maximum absolute atomic E-state index is 12.8. The number of aryl methyl sites for hydroxylation is 1. The normalized spacial score (nSPS) is 12.6. The van der Waals surface area contributed by atoms with Gasteiger partial charge in [0.05, 0.1) is 30.7 Å². The van der Waals surface area contributed by atoms with Crippen molar-refractivity contribution in [2.24, 2.45) is 7.05 Å². The first-order valence-corrected chi connectivity index (χ1v) is 9.57. The molecule has 2 atom stereocenters. The first-order chi connectivity index (χ1) is 15.6. The number of para-hydroxylation sites is 1. The number of fused-ring (bicyclic) bond motifs is 1. The van der Waals surface area contributed by atoms with Crippen LogP contribution in [0.4, 0.5) is 5.69 Å². The van der Waals surface area contributed by atoms with Crippen molar-refractivity contribution in [2.75, 3.05) is 12.4 Å². The number of hydrogen-bond donors (Lipinski definition) is 4. The van der Waals surface area contributed by atoms with E-state index in [0.29, 0.717) is 0 Å². The average Bonchev–Trinajstić information content (AvgIpc) is 2.80. The number of aromatic amines is 1. The number of carbonyl (C=O) groups excluding carboxylic acids is 3. The number of aliphatic hydroxyl groups is 1. The van der Waals surface area contributed by atoms with E-state index in [-0.39, 0.29) is 28.1 Å². The van der Waals surface area contributed by atoms with Crippen LogP contribution in [0.5, 0.6) is 0 Å². The standard InChI is InChI=1S/C20H20N6O7/c1-9(27)13(17(29)23-11-7-5-4-6-10(11)19(31)33-3)24-16(28)12-8-21-15-14(22-12)18(30)25-20(32)26(15)2/h4-9,13,27H,1-3H3,(H,23,29)(H,24,28)(H,25,30,32). The molecule has 172 valence electrons. The van der Waals surface area contributed by atoms with Crippen LogP contribution in [0.15, 0.2) is 40.1 Å². The Morgan fingerprint density at radius 3 is 2.58 bits per heavy atom. The van der Waals surface area contributed by atoms with Crippen molar-refractivity contribution in [3.8, 4) is 0 Å². The van der Waals surface area contributed by atoms with E-state index in [0.717, 1.165) is 10.8 Å². The number of hydrogen-bond acceptors (Lipinski definition) is 9. The fourth-order valence-corrected chi connectivity index (χ4v) is 2.94. The Bertz CT molecular complexity index is 1360. The van der Waals surface area contributed by atoms with Gasteiger partial charge < -0.3 is 20.5 Å². The van der Waals surface area contributed by atoms with Gasteiger partial charge >= 0.3 is 11.7 Å². The summed E-state index contributed by atoms with van der Waals surface area (Å²) >= 11 is 0. The third-order valence-electron chi connectivity index (χ3n) is 4.69. The van der Waals surface area contributed by atoms with Crippen LogP contribution in [0.1, 0.15) is 27.8 Å². The smallest absolute Gasteiger partial charge is 0.339 e. The predicted octanol–water partition coefficient (Wildman–Crippen LogP) is -1.08. The minimum absolute atomic E-state index is 0.0375. The molecule has 3 rings (SSSR count). The Morgan fingerprint density at radius 1 is 1.21 bits per heavy atom. The van der Waals surface area contributed by atoms with Gasteiger partial charge in [0.15, 0.2) is 11.2 Å². The van der Waals surface area contributed by atoms with Crippen LogP contribution in [0.3, 0.4) is 0 Å². The van der Waals surface area contributed by atoms with Gasteiger partial charge in [-0.1, -0.05) is 12.1 Å². The van der Waals surface area contributed by atoms with Crippen molar-refractivity contribution in [3.63, 3.8) is 0 Å². The number of amides is 2. The predicted molar refractivity (Wildman–Crippen MR) is 115 cm³/mol. The van der Waals surface area contributed by atoms with Crippen LogP contribution < -0.4 is 21.9 Å². The molecule has 13 nitrogen and oxygen atoms in total. The Hall–Kier alpha value is -4.39. The molecule has 2 unspecified atom stereocenters. The van der Waals surface area contributed by atoms with Gasteiger partial charge in [-0.15, -0.1) is 0 Å². The molecule has 0 saturated heterocycles. The molecule has 13 heteroatoms. The molecule has 0 aliphatic carbocycles. The van der Waals surface area contributed by atoms with Crippen molar-refractivity contribution < 1.29 is 24.2 Å². The third kappa shape index (κ3) is 4.77. The number of esters is 1. The van der Waals surface area contributed by atoms with E-state index < -0.39 is 41.2 Å². The van der Waals surface area contributed by atoms with Crippen LogP contribution in [-0.4, -0.2) is 61.7 Å². The second-order valence-corrected chi connectivity index (χ2v) is 6.96. The monoisotopic (exact) mass is 456 g/mol. The summed E-state index contributed by atoms with van der Waals surface area (Å²) in [5.41, 5.74) is -1.95. The number of carbonyl (C=O) groups is 3. The zero-order chi connectivity index (χ0) is 24.3. The molecule has 3 aromatic rings. The van der Waals surface area contributed by atoms with Crippen molar-refractivity contribution in [3.05, 3.63) is 62.6 Å². The number of ether oxygens (including phenoxy) is 1. The molecule has 2 heterocycles. The van der Waals surface area contributed by atoms with Gasteiger partial charge in [-0.2, -0.15) is 0 Å². The first-order valence-electron chi connectivity index (χ1n) is 9.57. The zero-order valence-corrected chi connectivity index (χ0v) is 17.8. The molecule has 0 bridgehead atoms. The van der Waals surface area contributed by atoms with E-state index in [1.807, 2.05) is 4.98 Å². The van der Waals surface area contributed by atoms with Crippen LogP contribution >= 0.6 is 0 Å². The summed E-state index contributed by atoms with van der Waals surface area (Å²) in [6, 6.07) is 4.60. The number of nitrogens with zero attached hydrogens (tertiary/aromatic N) is 3. The highest BCUT2D eigenvalue weighted by Gasteiger charge is 2.28. The van der Waals surface area contributed by atoms with Crippen LogP contribution in [0.2, 0.25) is 0 Å². The number of anilines is 1. The summed E-state index contributed by atoms with van der Waals surface area (Å²) < 4.78 is 5.73. The first kappa shape index (κ1) is 23.3. The topological polar surface area (TPSA) is 185 Å². The molecular formula is C20H20N6O7. The quantitative estimate of drug-likeness (QED) is 0.335. The zero-order valence-electron chi connectivity index (χ0n) is 17.8. The van der Waals surface area contributed by atoms with E-state index in [1.54, 1.807) is 12.1 Å². The molecule has 2 aromatic heterocycles. The van der Waals surface area contributed by atoms with E-state index in [2.05, 4.69) is 25.3 Å². The fraction of sp³-hybridized carbons (Fsp3) is 0.250. The molecule has 0 radical (unpaired) electrons. The lowest BCUT2D eigenvalue weighted by molar-refractivity contribution is -0.120. The summed E-state index contributed by atoms with van der Waals surface area (Å²) in [7, 11) is 2.56. The second-order valence-electron chi connectivity index (χ2n) is 6.96. The van der Waals surface area contributed by atoms with Crippen LogP contribution in [0, 0.1) is 0 Å². The lowest BCUT2D eigenvalue weighted by Gasteiger charge is -2.21. The third-order valence-corrected chi connectivity index (χ3v) is 4.69. The van der Waals surface area contributed by atoms with E-state index in [4.69, 9.17) is 0 Å². The molecule has 0 spiro atoms. The van der Waals surface area contributed by atoms with Gasteiger partial charge in [0.25, 0.3) is 11.5 Å². The Morgan fingerprint density at radius 2 is 1.91 bits per heavy atom. The Kier molecular flexibility index (Phi) is 6.63. The maximum atomic E-state index is 12.8. The molecule has 1 aromatic carbocycles. The van der Waals surface area contributed by atoms with E-state index in [9.17, 15) is 29.1 Å². The van der Waals surface area contributed by atoms with Gasteiger partial charge in [0.1, 0.15) is 11.7 Å². The Labute approximate surface area is 185 Å². The van der Waals surface area contributed by atoms with Gasteiger partial charge in [0, 0.05) is 7.05 Å². The highest BCUT2D eigenvalue weighted by molar-refractivity contribution is 6.05. The SMILES string of the molecule is COC(=O)c1ccccc1NC(=O)C(NC(=O)c1cnc2c(n1)c(=O)[nH]c(=O)n2C)C(C)O. The second kappa shape index (κ2) is 9.40. The highest BCUT2D eigenvalue weighted by Crippen LogP contribution is 2.17. The number of methoxy groups -OCH3 is 1. The Balaban J connectivity index is 1.87. The minimum Gasteiger partial charge on any atom is -0.465 e. The summed E-state index contributed by atoms with van der Waals surface area (Å²) in [4.78, 5) is 71.0. The summed E-state index contributed by atoms with van der Waals surface area (Å²) in [5, 5.41) is 14.9. The van der Waals surface area contributed by atoms with Gasteiger partial charge in [-0.3, -0.25) is 23.9 Å². The largest absolute Gasteiger partial charge is 0.465 e. The molecule has 0 aliphatic heterocycles. The summed E-state index contributed by atoms with van der Waals surface area (Å²) in [6.07, 6.45) is -0.308. The van der Waals surface area contributed by atoms with Crippen LogP contribution in [0.25, 0.3) is 11.2 Å². The van der Waals surface area contributed by atoms with Gasteiger partial charge in [0.2, 0.25) is 5.91 Å². The van der Waals surface area contributed by atoms with Crippen molar-refractivity contribution in [1.29, 1.82) is 0 Å². The van der Waals surface area contributed by atoms with Crippen LogP contribution in [-0.2, 0) is 16.6 Å². The molecular weight excluding hydrogens is 436 g/mol. The van der Waals surface area contributed by atoms with Crippen molar-refractivity contribution in [1.82, 2.24) is 24.8 Å². The van der Waals surface area contributed by atoms with Gasteiger partial charge in [-0.25, -0.2) is 19.6 Å². The van der Waals surface area contributed by atoms with Crippen molar-refractivity contribution in [2.45, 2.75) is 19.1 Å². The lowest BCUT2D eigenvalue weighted by Crippen LogP contribution is -2.50. The number of rotatable bonds is 6. The number of nitrogens with one attached hydrogen (secondary N) is 3. The van der Waals surface area contributed by atoms with Crippen molar-refractivity contribution >= 4 is 34.6 Å². The molecule has 33 heavy (non-hydrogen) atoms. The fourth-order valence-electron chi connectivity index (χ4n) is 2.94. The molecule has 0 aliphatic rings. The number of aliphatic hydroxyl groups excluding tert-OH is 1. The highest BCUT2D eigenvalue weighted by atomic mass is 16.5.